The Kier molecular flexibility index (Phi) is 3.36. The zero-order valence-electron chi connectivity index (χ0n) is 8.88. The summed E-state index contributed by atoms with van der Waals surface area (Å²) in [6.45, 7) is 1.72. The second kappa shape index (κ2) is 4.94. The Morgan fingerprint density at radius 2 is 2.35 bits per heavy atom. The molecule has 0 saturated carbocycles. The van der Waals surface area contributed by atoms with Gasteiger partial charge in [-0.3, -0.25) is 10.7 Å². The summed E-state index contributed by atoms with van der Waals surface area (Å²) in [6, 6.07) is 5.03. The summed E-state index contributed by atoms with van der Waals surface area (Å²) < 4.78 is 5.05. The molecule has 0 unspecified atom stereocenters. The van der Waals surface area contributed by atoms with Crippen molar-refractivity contribution in [3.63, 3.8) is 0 Å². The molecule has 0 aliphatic carbocycles. The van der Waals surface area contributed by atoms with Gasteiger partial charge in [0.05, 0.1) is 11.3 Å². The maximum Gasteiger partial charge on any atom is 0.260 e. The Labute approximate surface area is 102 Å². The molecule has 0 amide bonds. The van der Waals surface area contributed by atoms with E-state index in [0.717, 1.165) is 6.34 Å². The van der Waals surface area contributed by atoms with E-state index in [1.807, 2.05) is 5.48 Å². The first-order valence-electron chi connectivity index (χ1n) is 4.73. The second-order valence-corrected chi connectivity index (χ2v) is 3.63. The van der Waals surface area contributed by atoms with Crippen molar-refractivity contribution in [1.29, 1.82) is 0 Å². The summed E-state index contributed by atoms with van der Waals surface area (Å²) in [7, 11) is 0. The lowest BCUT2D eigenvalue weighted by molar-refractivity contribution is 0.240. The van der Waals surface area contributed by atoms with Crippen LogP contribution < -0.4 is 5.48 Å². The highest BCUT2D eigenvalue weighted by atomic mass is 35.5. The molecule has 1 aromatic heterocycles. The number of aliphatic imine (C=N–C) groups is 1. The summed E-state index contributed by atoms with van der Waals surface area (Å²) in [5.41, 5.74) is 2.98. The predicted molar refractivity (Wildman–Crippen MR) is 62.6 cm³/mol. The average molecular weight is 253 g/mol. The van der Waals surface area contributed by atoms with E-state index in [9.17, 15) is 0 Å². The first-order valence-corrected chi connectivity index (χ1v) is 5.11. The molecular weight excluding hydrogens is 244 g/mol. The molecule has 0 spiro atoms. The van der Waals surface area contributed by atoms with Gasteiger partial charge in [0.2, 0.25) is 0 Å². The topological polar surface area (TPSA) is 83.5 Å². The van der Waals surface area contributed by atoms with E-state index in [1.54, 1.807) is 25.1 Å². The van der Waals surface area contributed by atoms with Crippen LogP contribution in [0.2, 0.25) is 5.02 Å². The molecule has 0 aliphatic rings. The molecule has 0 atom stereocenters. The minimum atomic E-state index is 0.329. The minimum absolute atomic E-state index is 0.329. The third-order valence-electron chi connectivity index (χ3n) is 1.98. The van der Waals surface area contributed by atoms with Crippen LogP contribution in [0.25, 0.3) is 11.5 Å². The van der Waals surface area contributed by atoms with Crippen LogP contribution in [0.5, 0.6) is 0 Å². The van der Waals surface area contributed by atoms with Crippen molar-refractivity contribution in [2.75, 3.05) is 0 Å². The Morgan fingerprint density at radius 3 is 3.00 bits per heavy atom. The highest BCUT2D eigenvalue weighted by Gasteiger charge is 2.11. The SMILES string of the molecule is Cc1noc(-c2cc(Cl)ccc2N=CNO)n1. The van der Waals surface area contributed by atoms with Crippen molar-refractivity contribution < 1.29 is 9.73 Å². The second-order valence-electron chi connectivity index (χ2n) is 3.20. The van der Waals surface area contributed by atoms with E-state index in [2.05, 4.69) is 15.1 Å². The Hall–Kier alpha value is -1.92. The van der Waals surface area contributed by atoms with Crippen LogP contribution >= 0.6 is 11.6 Å². The van der Waals surface area contributed by atoms with Gasteiger partial charge in [-0.15, -0.1) is 0 Å². The first kappa shape index (κ1) is 11.6. The number of hydrogen-bond acceptors (Lipinski definition) is 5. The molecule has 0 radical (unpaired) electrons. The van der Waals surface area contributed by atoms with Gasteiger partial charge in [0.1, 0.15) is 6.34 Å². The lowest BCUT2D eigenvalue weighted by atomic mass is 10.2. The summed E-state index contributed by atoms with van der Waals surface area (Å²) in [6.07, 6.45) is 1.13. The fourth-order valence-corrected chi connectivity index (χ4v) is 1.47. The molecule has 0 saturated heterocycles. The van der Waals surface area contributed by atoms with Crippen LogP contribution in [0.4, 0.5) is 5.69 Å². The van der Waals surface area contributed by atoms with Crippen molar-refractivity contribution in [3.05, 3.63) is 29.0 Å². The van der Waals surface area contributed by atoms with Crippen molar-refractivity contribution in [1.82, 2.24) is 15.6 Å². The van der Waals surface area contributed by atoms with E-state index in [4.69, 9.17) is 21.3 Å². The van der Waals surface area contributed by atoms with Gasteiger partial charge in [0, 0.05) is 5.02 Å². The Morgan fingerprint density at radius 1 is 1.53 bits per heavy atom. The molecular formula is C10H9ClN4O2. The number of nitrogens with one attached hydrogen (secondary N) is 1. The highest BCUT2D eigenvalue weighted by molar-refractivity contribution is 6.31. The van der Waals surface area contributed by atoms with Gasteiger partial charge in [-0.05, 0) is 25.1 Å². The fourth-order valence-electron chi connectivity index (χ4n) is 1.30. The van der Waals surface area contributed by atoms with Crippen LogP contribution in [0.15, 0.2) is 27.7 Å². The van der Waals surface area contributed by atoms with Crippen LogP contribution in [0, 0.1) is 6.92 Å². The van der Waals surface area contributed by atoms with Gasteiger partial charge >= 0.3 is 0 Å². The summed E-state index contributed by atoms with van der Waals surface area (Å²) in [4.78, 5) is 8.08. The molecule has 0 bridgehead atoms. The van der Waals surface area contributed by atoms with E-state index in [0.29, 0.717) is 28.0 Å². The van der Waals surface area contributed by atoms with Crippen LogP contribution in [0.1, 0.15) is 5.82 Å². The summed E-state index contributed by atoms with van der Waals surface area (Å²) in [5.74, 6) is 0.852. The van der Waals surface area contributed by atoms with Gasteiger partial charge in [-0.1, -0.05) is 16.8 Å². The van der Waals surface area contributed by atoms with Gasteiger partial charge < -0.3 is 4.52 Å². The molecule has 2 N–H and O–H groups in total. The smallest absolute Gasteiger partial charge is 0.260 e. The number of halogens is 1. The number of benzene rings is 1. The van der Waals surface area contributed by atoms with Crippen molar-refractivity contribution in [2.24, 2.45) is 4.99 Å². The first-order chi connectivity index (χ1) is 8.20. The summed E-state index contributed by atoms with van der Waals surface area (Å²) >= 11 is 5.90. The quantitative estimate of drug-likeness (QED) is 0.498. The normalized spacial score (nSPS) is 11.0. The van der Waals surface area contributed by atoms with Crippen molar-refractivity contribution in [3.8, 4) is 11.5 Å². The molecule has 17 heavy (non-hydrogen) atoms. The molecule has 1 aromatic carbocycles. The maximum atomic E-state index is 8.47. The zero-order chi connectivity index (χ0) is 12.3. The third kappa shape index (κ3) is 2.61. The van der Waals surface area contributed by atoms with Gasteiger partial charge in [-0.25, -0.2) is 4.99 Å². The fraction of sp³-hybridized carbons (Fsp3) is 0.100. The number of aromatic nitrogens is 2. The molecule has 1 heterocycles. The van der Waals surface area contributed by atoms with Gasteiger partial charge in [0.15, 0.2) is 5.82 Å². The number of aryl methyl sites for hydroxylation is 1. The van der Waals surface area contributed by atoms with Crippen molar-refractivity contribution >= 4 is 23.6 Å². The van der Waals surface area contributed by atoms with Gasteiger partial charge in [-0.2, -0.15) is 4.98 Å². The number of rotatable bonds is 3. The number of hydroxylamine groups is 1. The molecule has 0 fully saturated rings. The number of nitrogens with zero attached hydrogens (tertiary/aromatic N) is 3. The summed E-state index contributed by atoms with van der Waals surface area (Å²) in [5, 5.41) is 12.7. The Balaban J connectivity index is 2.50. The lowest BCUT2D eigenvalue weighted by Gasteiger charge is -2.01. The predicted octanol–water partition coefficient (Wildman–Crippen LogP) is 2.34. The molecule has 0 aliphatic heterocycles. The van der Waals surface area contributed by atoms with Crippen LogP contribution in [-0.4, -0.2) is 21.7 Å². The number of hydrogen-bond donors (Lipinski definition) is 2. The average Bonchev–Trinajstić information content (AvgIpc) is 2.74. The van der Waals surface area contributed by atoms with Crippen LogP contribution in [-0.2, 0) is 0 Å². The zero-order valence-corrected chi connectivity index (χ0v) is 9.64. The van der Waals surface area contributed by atoms with Crippen molar-refractivity contribution in [2.45, 2.75) is 6.92 Å². The highest BCUT2D eigenvalue weighted by Crippen LogP contribution is 2.31. The van der Waals surface area contributed by atoms with E-state index < -0.39 is 0 Å². The monoisotopic (exact) mass is 252 g/mol. The minimum Gasteiger partial charge on any atom is -0.334 e. The Bertz CT molecular complexity index is 553. The molecule has 2 aromatic rings. The molecule has 2 rings (SSSR count). The van der Waals surface area contributed by atoms with Crippen LogP contribution in [0.3, 0.4) is 0 Å². The van der Waals surface area contributed by atoms with E-state index in [1.165, 1.54) is 0 Å². The standard InChI is InChI=1S/C10H9ClN4O2/c1-6-14-10(17-15-6)8-4-7(11)2-3-9(8)12-5-13-16/h2-5,16H,1H3,(H,12,13). The maximum absolute atomic E-state index is 8.47. The molecule has 88 valence electrons. The van der Waals surface area contributed by atoms with E-state index >= 15 is 0 Å². The lowest BCUT2D eigenvalue weighted by Crippen LogP contribution is -2.01. The van der Waals surface area contributed by atoms with Gasteiger partial charge in [0.25, 0.3) is 5.89 Å². The largest absolute Gasteiger partial charge is 0.334 e. The van der Waals surface area contributed by atoms with E-state index in [-0.39, 0.29) is 0 Å². The molecule has 6 nitrogen and oxygen atoms in total. The third-order valence-corrected chi connectivity index (χ3v) is 2.21. The molecule has 7 heteroatoms.